The summed E-state index contributed by atoms with van der Waals surface area (Å²) in [5.41, 5.74) is -0.939. The van der Waals surface area contributed by atoms with Crippen LogP contribution < -0.4 is 21.1 Å². The van der Waals surface area contributed by atoms with E-state index >= 15 is 0 Å². The largest absolute Gasteiger partial charge is 0.438 e. The average molecular weight is 387 g/mol. The van der Waals surface area contributed by atoms with Crippen molar-refractivity contribution in [3.8, 4) is 0 Å². The van der Waals surface area contributed by atoms with Crippen LogP contribution in [0.4, 0.5) is 11.4 Å². The fourth-order valence-electron chi connectivity index (χ4n) is 2.47. The second-order valence-electron chi connectivity index (χ2n) is 6.93. The Morgan fingerprint density at radius 1 is 1.23 bits per heavy atom. The van der Waals surface area contributed by atoms with Crippen LogP contribution in [0.2, 0.25) is 0 Å². The van der Waals surface area contributed by atoms with Gasteiger partial charge in [0.2, 0.25) is 6.29 Å². The van der Waals surface area contributed by atoms with Gasteiger partial charge in [0, 0.05) is 26.1 Å². The molecule has 0 aromatic heterocycles. The molecular formula is C16H24N2O7P. The minimum Gasteiger partial charge on any atom is -0.438 e. The van der Waals surface area contributed by atoms with Gasteiger partial charge >= 0.3 is 5.97 Å². The molecule has 1 aliphatic rings. The summed E-state index contributed by atoms with van der Waals surface area (Å²) in [6.45, 7) is 6.36. The van der Waals surface area contributed by atoms with Gasteiger partial charge < -0.3 is 19.7 Å². The molecule has 1 aromatic carbocycles. The number of esters is 1. The summed E-state index contributed by atoms with van der Waals surface area (Å²) in [4.78, 5) is 36.9. The average Bonchev–Trinajstić information content (AvgIpc) is 2.78. The van der Waals surface area contributed by atoms with E-state index in [0.29, 0.717) is 31.0 Å². The molecule has 1 atom stereocenters. The van der Waals surface area contributed by atoms with Gasteiger partial charge in [-0.1, -0.05) is 0 Å². The van der Waals surface area contributed by atoms with E-state index < -0.39 is 30.9 Å². The third-order valence-corrected chi connectivity index (χ3v) is 4.25. The van der Waals surface area contributed by atoms with Crippen molar-refractivity contribution in [2.45, 2.75) is 33.6 Å². The maximum Gasteiger partial charge on any atom is 0.313 e. The molecule has 0 fully saturated rings. The van der Waals surface area contributed by atoms with Crippen molar-refractivity contribution >= 4 is 26.0 Å². The van der Waals surface area contributed by atoms with Crippen molar-refractivity contribution in [2.75, 3.05) is 36.6 Å². The summed E-state index contributed by atoms with van der Waals surface area (Å²) in [5.74, 6) is -0.432. The molecule has 26 heavy (non-hydrogen) atoms. The molecule has 0 amide bonds. The summed E-state index contributed by atoms with van der Waals surface area (Å²) < 4.78 is 26.1. The van der Waals surface area contributed by atoms with Gasteiger partial charge in [0.15, 0.2) is 15.5 Å². The lowest BCUT2D eigenvalue weighted by atomic mass is 9.98. The Balaban J connectivity index is 1.89. The van der Waals surface area contributed by atoms with Crippen LogP contribution in [-0.4, -0.2) is 32.4 Å². The zero-order valence-electron chi connectivity index (χ0n) is 15.1. The number of ether oxygens (including phenoxy) is 2. The van der Waals surface area contributed by atoms with Gasteiger partial charge in [0.1, 0.15) is 11.4 Å². The molecule has 145 valence electrons. The summed E-state index contributed by atoms with van der Waals surface area (Å²) in [6, 6.07) is 0. The van der Waals surface area contributed by atoms with E-state index in [9.17, 15) is 18.9 Å². The van der Waals surface area contributed by atoms with Crippen LogP contribution >= 0.6 is 8.69 Å². The van der Waals surface area contributed by atoms with E-state index in [4.69, 9.17) is 14.0 Å². The zero-order valence-corrected chi connectivity index (χ0v) is 16.3. The minimum absolute atomic E-state index is 0.0640. The van der Waals surface area contributed by atoms with Crippen molar-refractivity contribution in [3.05, 3.63) is 26.7 Å². The SMILES string of the molecule is CC(C)(C)C(=O)OCO[C](CCN1CCCNc2c1c(=O)c2=O)O[PH2]=O. The molecule has 2 rings (SSSR count). The van der Waals surface area contributed by atoms with Gasteiger partial charge in [-0.3, -0.25) is 23.5 Å². The van der Waals surface area contributed by atoms with Gasteiger partial charge in [0.05, 0.1) is 5.41 Å². The first-order chi connectivity index (χ1) is 12.3. The fourth-order valence-corrected chi connectivity index (χ4v) is 2.77. The van der Waals surface area contributed by atoms with Crippen LogP contribution in [-0.2, 0) is 23.4 Å². The van der Waals surface area contributed by atoms with Crippen molar-refractivity contribution < 1.29 is 23.4 Å². The smallest absolute Gasteiger partial charge is 0.313 e. The third kappa shape index (κ3) is 4.93. The number of hydrogen-bond donors (Lipinski definition) is 1. The maximum absolute atomic E-state index is 11.8. The van der Waals surface area contributed by atoms with E-state index in [-0.39, 0.29) is 19.5 Å². The van der Waals surface area contributed by atoms with Crippen molar-refractivity contribution in [1.82, 2.24) is 0 Å². The Morgan fingerprint density at radius 3 is 2.62 bits per heavy atom. The first kappa shape index (κ1) is 20.6. The molecule has 0 spiro atoms. The number of rotatable bonds is 8. The Kier molecular flexibility index (Phi) is 6.97. The van der Waals surface area contributed by atoms with Crippen LogP contribution in [0.5, 0.6) is 0 Å². The number of hydrogen-bond acceptors (Lipinski definition) is 9. The highest BCUT2D eigenvalue weighted by Gasteiger charge is 2.29. The molecule has 0 saturated heterocycles. The maximum atomic E-state index is 11.8. The Bertz CT molecular complexity index is 721. The van der Waals surface area contributed by atoms with Gasteiger partial charge in [-0.2, -0.15) is 0 Å². The number of nitrogens with zero attached hydrogens (tertiary/aromatic N) is 1. The molecule has 9 nitrogen and oxygen atoms in total. The number of carbonyl (C=O) groups is 1. The lowest BCUT2D eigenvalue weighted by Gasteiger charge is -2.26. The Labute approximate surface area is 152 Å². The molecule has 1 heterocycles. The first-order valence-corrected chi connectivity index (χ1v) is 9.28. The normalized spacial score (nSPS) is 15.3. The van der Waals surface area contributed by atoms with E-state index in [2.05, 4.69) is 5.32 Å². The van der Waals surface area contributed by atoms with Crippen LogP contribution in [0, 0.1) is 11.7 Å². The molecule has 1 aromatic rings. The summed E-state index contributed by atoms with van der Waals surface area (Å²) >= 11 is 0. The highest BCUT2D eigenvalue weighted by molar-refractivity contribution is 7.17. The predicted octanol–water partition coefficient (Wildman–Crippen LogP) is 1.04. The number of nitrogens with one attached hydrogen (secondary N) is 1. The summed E-state index contributed by atoms with van der Waals surface area (Å²) in [6.07, 6.45) is 1.05. The van der Waals surface area contributed by atoms with Crippen LogP contribution in [0.1, 0.15) is 33.6 Å². The van der Waals surface area contributed by atoms with Gasteiger partial charge in [-0.15, -0.1) is 0 Å². The quantitative estimate of drug-likeness (QED) is 0.303. The van der Waals surface area contributed by atoms with Gasteiger partial charge in [-0.25, -0.2) is 0 Å². The van der Waals surface area contributed by atoms with Crippen molar-refractivity contribution in [1.29, 1.82) is 0 Å². The monoisotopic (exact) mass is 387 g/mol. The molecule has 1 N–H and O–H groups in total. The van der Waals surface area contributed by atoms with Crippen molar-refractivity contribution in [2.24, 2.45) is 5.41 Å². The summed E-state index contributed by atoms with van der Waals surface area (Å²) in [7, 11) is -1.54. The zero-order chi connectivity index (χ0) is 19.3. The van der Waals surface area contributed by atoms with E-state index in [0.717, 1.165) is 6.42 Å². The highest BCUT2D eigenvalue weighted by Crippen LogP contribution is 2.25. The first-order valence-electron chi connectivity index (χ1n) is 8.34. The van der Waals surface area contributed by atoms with E-state index in [1.54, 1.807) is 25.7 Å². The van der Waals surface area contributed by atoms with Crippen LogP contribution in [0.3, 0.4) is 0 Å². The lowest BCUT2D eigenvalue weighted by Crippen LogP contribution is -2.42. The molecule has 0 saturated carbocycles. The van der Waals surface area contributed by atoms with E-state index in [1.807, 2.05) is 0 Å². The molecule has 10 heteroatoms. The Morgan fingerprint density at radius 2 is 1.96 bits per heavy atom. The Hall–Kier alpha value is -1.70. The molecule has 1 aliphatic heterocycles. The fraction of sp³-hybridized carbons (Fsp3) is 0.625. The van der Waals surface area contributed by atoms with Crippen LogP contribution in [0.15, 0.2) is 9.59 Å². The molecule has 1 radical (unpaired) electrons. The minimum atomic E-state index is -1.54. The lowest BCUT2D eigenvalue weighted by molar-refractivity contribution is -0.169. The topological polar surface area (TPSA) is 111 Å². The molecule has 0 aliphatic carbocycles. The highest BCUT2D eigenvalue weighted by atomic mass is 31.1. The second-order valence-corrected chi connectivity index (χ2v) is 7.36. The third-order valence-electron chi connectivity index (χ3n) is 3.90. The second kappa shape index (κ2) is 8.79. The van der Waals surface area contributed by atoms with Crippen molar-refractivity contribution in [3.63, 3.8) is 0 Å². The molecular weight excluding hydrogens is 363 g/mol. The number of carbonyl (C=O) groups excluding carboxylic acids is 1. The van der Waals surface area contributed by atoms with Gasteiger partial charge in [0.25, 0.3) is 10.9 Å². The number of anilines is 2. The molecule has 0 bridgehead atoms. The number of fused-ring (bicyclic) bond motifs is 1. The standard InChI is InChI=1S/C16H24N2O7P/c1-16(2,3)15(21)24-9-23-10(25-26-22)5-8-18-7-4-6-17-11-12(18)14(20)13(11)19/h17H,4-9,26H2,1-3H3. The summed E-state index contributed by atoms with van der Waals surface area (Å²) in [5, 5.41) is 2.96. The van der Waals surface area contributed by atoms with Gasteiger partial charge in [-0.05, 0) is 27.2 Å². The predicted molar refractivity (Wildman–Crippen MR) is 97.5 cm³/mol. The van der Waals surface area contributed by atoms with E-state index in [1.165, 1.54) is 0 Å². The molecule has 1 unspecified atom stereocenters. The van der Waals surface area contributed by atoms with Crippen LogP contribution in [0.25, 0.3) is 0 Å².